The Labute approximate surface area is 145 Å². The smallest absolute Gasteiger partial charge is 0.257 e. The minimum atomic E-state index is 0.00114. The fourth-order valence-corrected chi connectivity index (χ4v) is 3.60. The molecule has 1 aliphatic heterocycles. The Bertz CT molecular complexity index is 942. The largest absolute Gasteiger partial charge is 0.336 e. The molecule has 4 heterocycles. The average Bonchev–Trinajstić information content (AvgIpc) is 3.16. The molecule has 7 heteroatoms. The molecule has 0 bridgehead atoms. The quantitative estimate of drug-likeness (QED) is 0.717. The van der Waals surface area contributed by atoms with E-state index in [0.29, 0.717) is 17.8 Å². The van der Waals surface area contributed by atoms with E-state index in [0.717, 1.165) is 41.9 Å². The van der Waals surface area contributed by atoms with Gasteiger partial charge in [0, 0.05) is 25.0 Å². The Hall–Kier alpha value is -2.70. The number of piperidine rings is 1. The van der Waals surface area contributed by atoms with Crippen molar-refractivity contribution in [3.63, 3.8) is 0 Å². The van der Waals surface area contributed by atoms with Gasteiger partial charge in [0.15, 0.2) is 0 Å². The van der Waals surface area contributed by atoms with Crippen molar-refractivity contribution in [3.05, 3.63) is 41.0 Å². The van der Waals surface area contributed by atoms with Gasteiger partial charge in [0.25, 0.3) is 11.6 Å². The van der Waals surface area contributed by atoms with E-state index in [2.05, 4.69) is 32.9 Å². The van der Waals surface area contributed by atoms with Gasteiger partial charge in [-0.25, -0.2) is 4.98 Å². The van der Waals surface area contributed by atoms with E-state index in [-0.39, 0.29) is 11.9 Å². The van der Waals surface area contributed by atoms with E-state index in [1.807, 2.05) is 24.8 Å². The minimum absolute atomic E-state index is 0.00114. The molecular weight excluding hydrogens is 318 g/mol. The van der Waals surface area contributed by atoms with Crippen molar-refractivity contribution in [2.45, 2.75) is 39.7 Å². The second-order valence-electron chi connectivity index (χ2n) is 6.76. The van der Waals surface area contributed by atoms with Crippen molar-refractivity contribution in [1.82, 2.24) is 24.8 Å². The summed E-state index contributed by atoms with van der Waals surface area (Å²) in [7, 11) is 0. The summed E-state index contributed by atoms with van der Waals surface area (Å²) in [6, 6.07) is 4.12. The van der Waals surface area contributed by atoms with E-state index in [1.54, 1.807) is 6.20 Å². The zero-order valence-electron chi connectivity index (χ0n) is 14.7. The Balaban J connectivity index is 1.58. The molecule has 1 aliphatic rings. The molecule has 1 atom stereocenters. The molecule has 0 unspecified atom stereocenters. The number of aryl methyl sites for hydroxylation is 3. The summed E-state index contributed by atoms with van der Waals surface area (Å²) >= 11 is 0. The summed E-state index contributed by atoms with van der Waals surface area (Å²) in [5, 5.41) is 9.28. The van der Waals surface area contributed by atoms with E-state index in [9.17, 15) is 4.79 Å². The maximum absolute atomic E-state index is 12.9. The third kappa shape index (κ3) is 2.79. The van der Waals surface area contributed by atoms with Crippen LogP contribution in [0.5, 0.6) is 0 Å². The summed E-state index contributed by atoms with van der Waals surface area (Å²) in [6.45, 7) is 7.34. The third-order valence-corrected chi connectivity index (χ3v) is 4.83. The van der Waals surface area contributed by atoms with Gasteiger partial charge in [-0.3, -0.25) is 9.48 Å². The van der Waals surface area contributed by atoms with Crippen LogP contribution in [-0.4, -0.2) is 43.8 Å². The number of hydrogen-bond acceptors (Lipinski definition) is 5. The number of carbonyl (C=O) groups is 1. The Morgan fingerprint density at radius 2 is 2.12 bits per heavy atom. The van der Waals surface area contributed by atoms with Gasteiger partial charge in [-0.1, -0.05) is 5.16 Å². The van der Waals surface area contributed by atoms with Crippen LogP contribution in [-0.2, 0) is 0 Å². The van der Waals surface area contributed by atoms with Crippen LogP contribution in [0.1, 0.15) is 46.3 Å². The minimum Gasteiger partial charge on any atom is -0.336 e. The molecule has 1 amide bonds. The normalized spacial score (nSPS) is 18.0. The molecule has 1 saturated heterocycles. The molecule has 130 valence electrons. The molecular formula is C18H21N5O2. The summed E-state index contributed by atoms with van der Waals surface area (Å²) in [4.78, 5) is 19.1. The highest BCUT2D eigenvalue weighted by atomic mass is 16.5. The summed E-state index contributed by atoms with van der Waals surface area (Å²) in [5.41, 5.74) is 3.94. The lowest BCUT2D eigenvalue weighted by Gasteiger charge is -2.33. The predicted octanol–water partition coefficient (Wildman–Crippen LogP) is 2.82. The van der Waals surface area contributed by atoms with Gasteiger partial charge in [0.05, 0.1) is 28.4 Å². The number of aromatic nitrogens is 4. The standard InChI is InChI=1S/C18H21N5O2/c1-11-7-12(2)23(20-11)15-5-4-6-22(10-15)18(24)14-8-16-13(3)21-25-17(16)19-9-14/h7-9,15H,4-6,10H2,1-3H3/t15-/m1/s1. The summed E-state index contributed by atoms with van der Waals surface area (Å²) < 4.78 is 7.18. The van der Waals surface area contributed by atoms with E-state index >= 15 is 0 Å². The lowest BCUT2D eigenvalue weighted by Crippen LogP contribution is -2.41. The molecule has 3 aromatic heterocycles. The molecule has 0 saturated carbocycles. The van der Waals surface area contributed by atoms with Crippen LogP contribution >= 0.6 is 0 Å². The first kappa shape index (κ1) is 15.8. The van der Waals surface area contributed by atoms with E-state index < -0.39 is 0 Å². The van der Waals surface area contributed by atoms with Crippen molar-refractivity contribution in [2.75, 3.05) is 13.1 Å². The second-order valence-corrected chi connectivity index (χ2v) is 6.76. The number of carbonyl (C=O) groups excluding carboxylic acids is 1. The molecule has 0 spiro atoms. The van der Waals surface area contributed by atoms with Crippen LogP contribution in [0.25, 0.3) is 11.1 Å². The second kappa shape index (κ2) is 5.98. The first-order valence-electron chi connectivity index (χ1n) is 8.57. The maximum Gasteiger partial charge on any atom is 0.257 e. The monoisotopic (exact) mass is 339 g/mol. The fourth-order valence-electron chi connectivity index (χ4n) is 3.60. The highest BCUT2D eigenvalue weighted by Gasteiger charge is 2.27. The van der Waals surface area contributed by atoms with Gasteiger partial charge in [-0.15, -0.1) is 0 Å². The Morgan fingerprint density at radius 1 is 1.28 bits per heavy atom. The van der Waals surface area contributed by atoms with Gasteiger partial charge >= 0.3 is 0 Å². The van der Waals surface area contributed by atoms with E-state index in [1.165, 1.54) is 0 Å². The lowest BCUT2D eigenvalue weighted by molar-refractivity contribution is 0.0671. The topological polar surface area (TPSA) is 77.0 Å². The molecule has 0 aromatic carbocycles. The zero-order chi connectivity index (χ0) is 17.6. The number of amides is 1. The van der Waals surface area contributed by atoms with Crippen molar-refractivity contribution in [1.29, 1.82) is 0 Å². The Morgan fingerprint density at radius 3 is 2.88 bits per heavy atom. The third-order valence-electron chi connectivity index (χ3n) is 4.83. The number of nitrogens with zero attached hydrogens (tertiary/aromatic N) is 5. The van der Waals surface area contributed by atoms with Gasteiger partial charge in [-0.2, -0.15) is 5.10 Å². The molecule has 4 rings (SSSR count). The molecule has 1 fully saturated rings. The molecule has 0 aliphatic carbocycles. The van der Waals surface area contributed by atoms with Crippen molar-refractivity contribution >= 4 is 17.0 Å². The summed E-state index contributed by atoms with van der Waals surface area (Å²) in [5.74, 6) is 0.00114. The molecule has 0 N–H and O–H groups in total. The fraction of sp³-hybridized carbons (Fsp3) is 0.444. The number of likely N-dealkylation sites (tertiary alicyclic amines) is 1. The first-order chi connectivity index (χ1) is 12.0. The maximum atomic E-state index is 12.9. The van der Waals surface area contributed by atoms with Crippen molar-refractivity contribution < 1.29 is 9.32 Å². The van der Waals surface area contributed by atoms with Crippen molar-refractivity contribution in [3.8, 4) is 0 Å². The Kier molecular flexibility index (Phi) is 3.78. The van der Waals surface area contributed by atoms with E-state index in [4.69, 9.17) is 4.52 Å². The highest BCUT2D eigenvalue weighted by Crippen LogP contribution is 2.25. The lowest BCUT2D eigenvalue weighted by atomic mass is 10.0. The van der Waals surface area contributed by atoms with Crippen LogP contribution < -0.4 is 0 Å². The predicted molar refractivity (Wildman–Crippen MR) is 92.4 cm³/mol. The molecule has 7 nitrogen and oxygen atoms in total. The van der Waals surface area contributed by atoms with Crippen LogP contribution in [0, 0.1) is 20.8 Å². The molecule has 0 radical (unpaired) electrons. The van der Waals surface area contributed by atoms with Gasteiger partial charge in [0.2, 0.25) is 0 Å². The van der Waals surface area contributed by atoms with Crippen molar-refractivity contribution in [2.24, 2.45) is 0 Å². The van der Waals surface area contributed by atoms with Crippen LogP contribution in [0.15, 0.2) is 22.9 Å². The number of pyridine rings is 1. The van der Waals surface area contributed by atoms with Crippen LogP contribution in [0.4, 0.5) is 0 Å². The molecule has 25 heavy (non-hydrogen) atoms. The number of hydrogen-bond donors (Lipinski definition) is 0. The average molecular weight is 339 g/mol. The summed E-state index contributed by atoms with van der Waals surface area (Å²) in [6.07, 6.45) is 3.58. The van der Waals surface area contributed by atoms with Crippen LogP contribution in [0.2, 0.25) is 0 Å². The molecule has 3 aromatic rings. The highest BCUT2D eigenvalue weighted by molar-refractivity contribution is 5.97. The number of rotatable bonds is 2. The SMILES string of the molecule is Cc1cc(C)n([C@@H]2CCCN(C(=O)c3cnc4onc(C)c4c3)C2)n1. The number of fused-ring (bicyclic) bond motifs is 1. The van der Waals surface area contributed by atoms with Crippen LogP contribution in [0.3, 0.4) is 0 Å². The van der Waals surface area contributed by atoms with Gasteiger partial charge in [-0.05, 0) is 45.7 Å². The van der Waals surface area contributed by atoms with Gasteiger partial charge in [0.1, 0.15) is 0 Å². The first-order valence-corrected chi connectivity index (χ1v) is 8.57. The van der Waals surface area contributed by atoms with Gasteiger partial charge < -0.3 is 9.42 Å². The zero-order valence-corrected chi connectivity index (χ0v) is 14.7.